The number of ketones is 1. The highest BCUT2D eigenvalue weighted by Gasteiger charge is 2.45. The molecule has 1 N–H and O–H groups in total. The first-order valence-electron chi connectivity index (χ1n) is 10.8. The van der Waals surface area contributed by atoms with Gasteiger partial charge in [0.25, 0.3) is 11.7 Å². The number of methoxy groups -OCH3 is 1. The minimum atomic E-state index is -0.690. The molecule has 2 aromatic rings. The molecule has 3 rings (SSSR count). The molecule has 174 valence electrons. The number of carbonyl (C=O) groups excluding carboxylic acids is 2. The SMILES string of the molecule is C=CCOc1ccc(/C(O)=C2\C(=O)C(=O)N(CCCN(C)C)[C@H]2c2ccc(OC)cc2)cc1. The molecule has 1 atom stereocenters. The Hall–Kier alpha value is -3.58. The Bertz CT molecular complexity index is 1030. The van der Waals surface area contributed by atoms with Crippen LogP contribution in [0.3, 0.4) is 0 Å². The molecule has 7 heteroatoms. The molecular formula is C26H30N2O5. The normalized spacial score (nSPS) is 17.5. The van der Waals surface area contributed by atoms with Gasteiger partial charge < -0.3 is 24.4 Å². The number of amides is 1. The fourth-order valence-corrected chi connectivity index (χ4v) is 3.82. The highest BCUT2D eigenvalue weighted by molar-refractivity contribution is 6.46. The van der Waals surface area contributed by atoms with Crippen molar-refractivity contribution in [1.29, 1.82) is 0 Å². The smallest absolute Gasteiger partial charge is 0.295 e. The fourth-order valence-electron chi connectivity index (χ4n) is 3.82. The van der Waals surface area contributed by atoms with E-state index in [-0.39, 0.29) is 11.3 Å². The van der Waals surface area contributed by atoms with E-state index in [0.717, 1.165) is 12.1 Å². The maximum atomic E-state index is 13.1. The predicted molar refractivity (Wildman–Crippen MR) is 127 cm³/mol. The molecule has 33 heavy (non-hydrogen) atoms. The average Bonchev–Trinajstić information content (AvgIpc) is 3.07. The van der Waals surface area contributed by atoms with Gasteiger partial charge in [0.05, 0.1) is 18.7 Å². The number of Topliss-reactive ketones (excluding diaryl/α,β-unsaturated/α-hetero) is 1. The molecule has 1 aliphatic rings. The van der Waals surface area contributed by atoms with Gasteiger partial charge in [-0.25, -0.2) is 0 Å². The first kappa shape index (κ1) is 24.1. The Balaban J connectivity index is 2.02. The Morgan fingerprint density at radius 1 is 1.09 bits per heavy atom. The van der Waals surface area contributed by atoms with Crippen molar-refractivity contribution in [1.82, 2.24) is 9.80 Å². The van der Waals surface area contributed by atoms with Crippen LogP contribution in [0.4, 0.5) is 0 Å². The van der Waals surface area contributed by atoms with Crippen molar-refractivity contribution < 1.29 is 24.2 Å². The molecule has 0 saturated carbocycles. The summed E-state index contributed by atoms with van der Waals surface area (Å²) in [5.74, 6) is -0.229. The van der Waals surface area contributed by atoms with Crippen molar-refractivity contribution in [3.05, 3.63) is 77.9 Å². The summed E-state index contributed by atoms with van der Waals surface area (Å²) in [4.78, 5) is 29.6. The second-order valence-corrected chi connectivity index (χ2v) is 8.05. The largest absolute Gasteiger partial charge is 0.507 e. The summed E-state index contributed by atoms with van der Waals surface area (Å²) in [6, 6.07) is 13.2. The standard InChI is InChI=1S/C26H30N2O5/c1-5-17-33-21-13-9-19(10-14-21)24(29)22-23(18-7-11-20(32-4)12-8-18)28(26(31)25(22)30)16-6-15-27(2)3/h5,7-14,23,29H,1,6,15-17H2,2-4H3/b24-22+/t23-/m0/s1. The van der Waals surface area contributed by atoms with Gasteiger partial charge in [-0.3, -0.25) is 9.59 Å². The first-order valence-corrected chi connectivity index (χ1v) is 10.8. The lowest BCUT2D eigenvalue weighted by atomic mass is 9.95. The lowest BCUT2D eigenvalue weighted by molar-refractivity contribution is -0.139. The molecule has 1 fully saturated rings. The van der Waals surface area contributed by atoms with E-state index in [4.69, 9.17) is 9.47 Å². The van der Waals surface area contributed by atoms with E-state index in [1.807, 2.05) is 31.1 Å². The van der Waals surface area contributed by atoms with Crippen LogP contribution >= 0.6 is 0 Å². The maximum Gasteiger partial charge on any atom is 0.295 e. The predicted octanol–water partition coefficient (Wildman–Crippen LogP) is 3.63. The Morgan fingerprint density at radius 3 is 2.30 bits per heavy atom. The fraction of sp³-hybridized carbons (Fsp3) is 0.308. The maximum absolute atomic E-state index is 13.1. The quantitative estimate of drug-likeness (QED) is 0.258. The lowest BCUT2D eigenvalue weighted by Crippen LogP contribution is -2.32. The monoisotopic (exact) mass is 450 g/mol. The minimum absolute atomic E-state index is 0.0785. The third-order valence-electron chi connectivity index (χ3n) is 5.47. The molecule has 1 aliphatic heterocycles. The van der Waals surface area contributed by atoms with Crippen LogP contribution in [0.25, 0.3) is 5.76 Å². The van der Waals surface area contributed by atoms with Gasteiger partial charge in [0.1, 0.15) is 23.9 Å². The van der Waals surface area contributed by atoms with E-state index in [1.54, 1.807) is 54.5 Å². The van der Waals surface area contributed by atoms with Crippen molar-refractivity contribution in [3.63, 3.8) is 0 Å². The Kier molecular flexibility index (Phi) is 7.90. The van der Waals surface area contributed by atoms with Gasteiger partial charge in [0.2, 0.25) is 0 Å². The number of aliphatic hydroxyl groups excluding tert-OH is 1. The molecular weight excluding hydrogens is 420 g/mol. The van der Waals surface area contributed by atoms with Crippen LogP contribution in [-0.2, 0) is 9.59 Å². The van der Waals surface area contributed by atoms with Crippen LogP contribution in [0.5, 0.6) is 11.5 Å². The van der Waals surface area contributed by atoms with E-state index in [0.29, 0.717) is 36.6 Å². The van der Waals surface area contributed by atoms with Gasteiger partial charge in [-0.15, -0.1) is 0 Å². The molecule has 1 saturated heterocycles. The van der Waals surface area contributed by atoms with Gasteiger partial charge in [-0.2, -0.15) is 0 Å². The van der Waals surface area contributed by atoms with Crippen molar-refractivity contribution in [2.45, 2.75) is 12.5 Å². The summed E-state index contributed by atoms with van der Waals surface area (Å²) < 4.78 is 10.7. The molecule has 0 unspecified atom stereocenters. The number of rotatable bonds is 10. The highest BCUT2D eigenvalue weighted by Crippen LogP contribution is 2.40. The third kappa shape index (κ3) is 5.43. The van der Waals surface area contributed by atoms with E-state index < -0.39 is 17.7 Å². The number of aliphatic hydroxyl groups is 1. The summed E-state index contributed by atoms with van der Waals surface area (Å²) in [6.45, 7) is 5.14. The van der Waals surface area contributed by atoms with E-state index >= 15 is 0 Å². The van der Waals surface area contributed by atoms with E-state index in [2.05, 4.69) is 6.58 Å². The summed E-state index contributed by atoms with van der Waals surface area (Å²) in [5.41, 5.74) is 1.24. The van der Waals surface area contributed by atoms with Gasteiger partial charge in [0, 0.05) is 12.1 Å². The number of ether oxygens (including phenoxy) is 2. The molecule has 1 heterocycles. The Morgan fingerprint density at radius 2 is 1.73 bits per heavy atom. The lowest BCUT2D eigenvalue weighted by Gasteiger charge is -2.26. The van der Waals surface area contributed by atoms with Gasteiger partial charge in [-0.1, -0.05) is 24.8 Å². The zero-order valence-electron chi connectivity index (χ0n) is 19.3. The number of hydrogen-bond donors (Lipinski definition) is 1. The van der Waals surface area contributed by atoms with Gasteiger partial charge in [-0.05, 0) is 69.0 Å². The van der Waals surface area contributed by atoms with E-state index in [1.165, 1.54) is 0 Å². The van der Waals surface area contributed by atoms with E-state index in [9.17, 15) is 14.7 Å². The number of carbonyl (C=O) groups is 2. The summed E-state index contributed by atoms with van der Waals surface area (Å²) in [7, 11) is 5.49. The molecule has 1 amide bonds. The molecule has 7 nitrogen and oxygen atoms in total. The summed E-state index contributed by atoms with van der Waals surface area (Å²) >= 11 is 0. The van der Waals surface area contributed by atoms with Crippen molar-refractivity contribution >= 4 is 17.4 Å². The van der Waals surface area contributed by atoms with Gasteiger partial charge >= 0.3 is 0 Å². The number of likely N-dealkylation sites (tertiary alicyclic amines) is 1. The van der Waals surface area contributed by atoms with Crippen molar-refractivity contribution in [2.24, 2.45) is 0 Å². The first-order chi connectivity index (χ1) is 15.9. The summed E-state index contributed by atoms with van der Waals surface area (Å²) in [5, 5.41) is 11.1. The van der Waals surface area contributed by atoms with Crippen molar-refractivity contribution in [3.8, 4) is 11.5 Å². The van der Waals surface area contributed by atoms with Crippen LogP contribution in [0, 0.1) is 0 Å². The van der Waals surface area contributed by atoms with Crippen LogP contribution in [0.1, 0.15) is 23.6 Å². The van der Waals surface area contributed by atoms with Crippen molar-refractivity contribution in [2.75, 3.05) is 40.9 Å². The van der Waals surface area contributed by atoms with Crippen LogP contribution in [0.15, 0.2) is 66.8 Å². The van der Waals surface area contributed by atoms with Crippen LogP contribution in [-0.4, -0.2) is 67.5 Å². The molecule has 2 aromatic carbocycles. The van der Waals surface area contributed by atoms with Crippen LogP contribution in [0.2, 0.25) is 0 Å². The molecule has 0 spiro atoms. The number of hydrogen-bond acceptors (Lipinski definition) is 6. The second kappa shape index (κ2) is 10.8. The Labute approximate surface area is 194 Å². The molecule has 0 aliphatic carbocycles. The summed E-state index contributed by atoms with van der Waals surface area (Å²) in [6.07, 6.45) is 2.34. The average molecular weight is 451 g/mol. The number of benzene rings is 2. The zero-order valence-corrected chi connectivity index (χ0v) is 19.3. The highest BCUT2D eigenvalue weighted by atomic mass is 16.5. The topological polar surface area (TPSA) is 79.3 Å². The molecule has 0 aromatic heterocycles. The zero-order chi connectivity index (χ0) is 24.0. The second-order valence-electron chi connectivity index (χ2n) is 8.05. The molecule has 0 radical (unpaired) electrons. The van der Waals surface area contributed by atoms with Crippen LogP contribution < -0.4 is 9.47 Å². The minimum Gasteiger partial charge on any atom is -0.507 e. The third-order valence-corrected chi connectivity index (χ3v) is 5.47. The van der Waals surface area contributed by atoms with Gasteiger partial charge in [0.15, 0.2) is 0 Å². The molecule has 0 bridgehead atoms. The number of nitrogens with zero attached hydrogens (tertiary/aromatic N) is 2.